The summed E-state index contributed by atoms with van der Waals surface area (Å²) < 4.78 is 32.7. The fraction of sp³-hybridized carbons (Fsp3) is 0.294. The molecular weight excluding hydrogens is 353 g/mol. The van der Waals surface area contributed by atoms with Crippen molar-refractivity contribution in [2.75, 3.05) is 17.2 Å². The molecule has 0 aromatic heterocycles. The molecule has 3 rings (SSSR count). The Bertz CT molecular complexity index is 801. The van der Waals surface area contributed by atoms with Crippen LogP contribution < -0.4 is 34.5 Å². The maximum absolute atomic E-state index is 10.9. The molecule has 2 aromatic carbocycles. The van der Waals surface area contributed by atoms with Crippen molar-refractivity contribution in [1.82, 2.24) is 0 Å². The van der Waals surface area contributed by atoms with Crippen molar-refractivity contribution >= 4 is 33.3 Å². The quantitative estimate of drug-likeness (QED) is 0.589. The van der Waals surface area contributed by atoms with Crippen LogP contribution in [0.25, 0.3) is 0 Å². The Labute approximate surface area is 169 Å². The summed E-state index contributed by atoms with van der Waals surface area (Å²) in [6.45, 7) is 4.59. The summed E-state index contributed by atoms with van der Waals surface area (Å²) >= 11 is 1.72. The van der Waals surface area contributed by atoms with E-state index in [-0.39, 0.29) is 35.3 Å². The molecule has 0 radical (unpaired) electrons. The largest absolute Gasteiger partial charge is 1.00 e. The van der Waals surface area contributed by atoms with Crippen LogP contribution in [0.5, 0.6) is 0 Å². The zero-order chi connectivity index (χ0) is 16.6. The van der Waals surface area contributed by atoms with Crippen molar-refractivity contribution in [1.29, 1.82) is 0 Å². The average Bonchev–Trinajstić information content (AvgIpc) is 2.46. The van der Waals surface area contributed by atoms with E-state index in [0.29, 0.717) is 13.0 Å². The van der Waals surface area contributed by atoms with E-state index < -0.39 is 10.1 Å². The molecule has 4 nitrogen and oxygen atoms in total. The second kappa shape index (κ2) is 7.81. The molecular formula is C17H18NNaO3S2. The van der Waals surface area contributed by atoms with Gasteiger partial charge in [0.25, 0.3) is 0 Å². The van der Waals surface area contributed by atoms with Crippen LogP contribution in [0.4, 0.5) is 11.4 Å². The minimum atomic E-state index is -4.18. The van der Waals surface area contributed by atoms with Gasteiger partial charge in [-0.05, 0) is 55.7 Å². The van der Waals surface area contributed by atoms with Gasteiger partial charge in [0.1, 0.15) is 0 Å². The van der Waals surface area contributed by atoms with Crippen molar-refractivity contribution in [3.05, 3.63) is 47.5 Å². The normalized spacial score (nSPS) is 13.0. The van der Waals surface area contributed by atoms with Gasteiger partial charge in [0.2, 0.25) is 0 Å². The Hall–Kier alpha value is -0.500. The van der Waals surface area contributed by atoms with Gasteiger partial charge in [0.15, 0.2) is 0 Å². The summed E-state index contributed by atoms with van der Waals surface area (Å²) in [6, 6.07) is 12.6. The minimum absolute atomic E-state index is 0. The second-order valence-electron chi connectivity index (χ2n) is 5.81. The number of anilines is 2. The first-order valence-electron chi connectivity index (χ1n) is 7.44. The van der Waals surface area contributed by atoms with Crippen LogP contribution in [0.3, 0.4) is 0 Å². The van der Waals surface area contributed by atoms with E-state index in [1.165, 1.54) is 0 Å². The molecule has 0 aliphatic carbocycles. The van der Waals surface area contributed by atoms with Crippen LogP contribution in [0.1, 0.15) is 17.5 Å². The van der Waals surface area contributed by atoms with Gasteiger partial charge >= 0.3 is 29.6 Å². The molecule has 0 unspecified atom stereocenters. The van der Waals surface area contributed by atoms with E-state index in [4.69, 9.17) is 0 Å². The van der Waals surface area contributed by atoms with E-state index >= 15 is 0 Å². The number of hydrogen-bond donors (Lipinski definition) is 0. The van der Waals surface area contributed by atoms with Crippen molar-refractivity contribution < 1.29 is 42.5 Å². The van der Waals surface area contributed by atoms with Crippen LogP contribution in [0.2, 0.25) is 0 Å². The topological polar surface area (TPSA) is 60.4 Å². The van der Waals surface area contributed by atoms with Gasteiger partial charge in [-0.25, -0.2) is 8.42 Å². The molecule has 2 aromatic rings. The van der Waals surface area contributed by atoms with Crippen LogP contribution >= 0.6 is 11.8 Å². The van der Waals surface area contributed by atoms with E-state index in [9.17, 15) is 13.0 Å². The van der Waals surface area contributed by atoms with Crippen LogP contribution in [0.15, 0.2) is 46.2 Å². The van der Waals surface area contributed by atoms with Crippen molar-refractivity contribution in [2.24, 2.45) is 0 Å². The molecule has 0 fully saturated rings. The maximum atomic E-state index is 10.9. The predicted octanol–water partition coefficient (Wildman–Crippen LogP) is 0.845. The first-order valence-corrected chi connectivity index (χ1v) is 9.83. The number of aryl methyl sites for hydroxylation is 2. The zero-order valence-corrected chi connectivity index (χ0v) is 17.7. The van der Waals surface area contributed by atoms with Gasteiger partial charge < -0.3 is 9.45 Å². The smallest absolute Gasteiger partial charge is 0.748 e. The zero-order valence-electron chi connectivity index (χ0n) is 14.1. The Morgan fingerprint density at radius 2 is 1.50 bits per heavy atom. The minimum Gasteiger partial charge on any atom is -0.748 e. The van der Waals surface area contributed by atoms with E-state index in [1.54, 1.807) is 11.8 Å². The van der Waals surface area contributed by atoms with Crippen molar-refractivity contribution in [3.8, 4) is 0 Å². The Morgan fingerprint density at radius 1 is 1.00 bits per heavy atom. The third-order valence-corrected chi connectivity index (χ3v) is 5.73. The Kier molecular flexibility index (Phi) is 6.45. The van der Waals surface area contributed by atoms with Crippen LogP contribution in [0, 0.1) is 13.8 Å². The van der Waals surface area contributed by atoms with Crippen LogP contribution in [-0.4, -0.2) is 25.3 Å². The van der Waals surface area contributed by atoms with E-state index in [1.807, 2.05) is 13.8 Å². The Morgan fingerprint density at radius 3 is 1.96 bits per heavy atom. The third kappa shape index (κ3) is 4.56. The van der Waals surface area contributed by atoms with Gasteiger partial charge in [-0.1, -0.05) is 23.9 Å². The first-order chi connectivity index (χ1) is 10.8. The summed E-state index contributed by atoms with van der Waals surface area (Å²) in [6.07, 6.45) is 0.317. The maximum Gasteiger partial charge on any atom is 1.00 e. The molecule has 1 aliphatic heterocycles. The van der Waals surface area contributed by atoms with Gasteiger partial charge in [0, 0.05) is 22.1 Å². The van der Waals surface area contributed by atoms with E-state index in [2.05, 4.69) is 41.3 Å². The van der Waals surface area contributed by atoms with Gasteiger partial charge in [-0.2, -0.15) is 0 Å². The molecule has 122 valence electrons. The van der Waals surface area contributed by atoms with Crippen LogP contribution in [-0.2, 0) is 10.1 Å². The molecule has 1 heterocycles. The number of hydrogen-bond acceptors (Lipinski definition) is 5. The van der Waals surface area contributed by atoms with Gasteiger partial charge in [-0.15, -0.1) is 0 Å². The molecule has 0 amide bonds. The van der Waals surface area contributed by atoms with Crippen molar-refractivity contribution in [3.63, 3.8) is 0 Å². The number of benzene rings is 2. The van der Waals surface area contributed by atoms with Gasteiger partial charge in [0.05, 0.1) is 21.5 Å². The average molecular weight is 371 g/mol. The molecule has 1 aliphatic rings. The SMILES string of the molecule is Cc1ccc2c(c1)N(CCCS(=O)(=O)[O-])c1cc(C)ccc1S2.[Na+]. The Balaban J connectivity index is 0.00000208. The summed E-state index contributed by atoms with van der Waals surface area (Å²) in [7, 11) is -4.18. The fourth-order valence-corrected chi connectivity index (χ4v) is 4.28. The molecule has 0 saturated carbocycles. The number of fused-ring (bicyclic) bond motifs is 2. The molecule has 0 saturated heterocycles. The first kappa shape index (κ1) is 19.8. The summed E-state index contributed by atoms with van der Waals surface area (Å²) in [4.78, 5) is 4.43. The summed E-state index contributed by atoms with van der Waals surface area (Å²) in [5.74, 6) is -0.334. The predicted molar refractivity (Wildman–Crippen MR) is 92.7 cm³/mol. The third-order valence-electron chi connectivity index (χ3n) is 3.81. The molecule has 0 spiro atoms. The molecule has 0 bridgehead atoms. The fourth-order valence-electron chi connectivity index (χ4n) is 2.74. The summed E-state index contributed by atoms with van der Waals surface area (Å²) in [5, 5.41) is 0. The van der Waals surface area contributed by atoms with Gasteiger partial charge in [-0.3, -0.25) is 0 Å². The molecule has 0 N–H and O–H groups in total. The monoisotopic (exact) mass is 371 g/mol. The second-order valence-corrected chi connectivity index (χ2v) is 8.42. The number of rotatable bonds is 4. The molecule has 24 heavy (non-hydrogen) atoms. The molecule has 0 atom stereocenters. The van der Waals surface area contributed by atoms with E-state index in [0.717, 1.165) is 32.3 Å². The molecule has 7 heteroatoms. The number of nitrogens with zero attached hydrogens (tertiary/aromatic N) is 1. The standard InChI is InChI=1S/C17H19NO3S2.Na/c1-12-4-6-16-14(10-12)18(8-3-9-23(19,20)21)15-11-13(2)5-7-17(15)22-16;/h4-7,10-11H,3,8-9H2,1-2H3,(H,19,20,21);/q;+1/p-1. The van der Waals surface area contributed by atoms with Crippen molar-refractivity contribution in [2.45, 2.75) is 30.1 Å². The summed E-state index contributed by atoms with van der Waals surface area (Å²) in [5.41, 5.74) is 4.47.